The third kappa shape index (κ3) is 2.69. The van der Waals surface area contributed by atoms with Crippen LogP contribution in [-0.2, 0) is 9.53 Å². The first kappa shape index (κ1) is 13.8. The molecule has 0 saturated carbocycles. The third-order valence-electron chi connectivity index (χ3n) is 2.92. The fourth-order valence-electron chi connectivity index (χ4n) is 2.10. The zero-order valence-corrected chi connectivity index (χ0v) is 11.5. The fraction of sp³-hybridized carbons (Fsp3) is 0.267. The number of para-hydroxylation sites is 1. The number of ether oxygens (including phenoxy) is 1. The molecule has 0 fully saturated rings. The van der Waals surface area contributed by atoms with Gasteiger partial charge in [-0.15, -0.1) is 0 Å². The normalized spacial score (nSPS) is 10.1. The minimum atomic E-state index is -0.320. The number of fused-ring (bicyclic) bond motifs is 1. The van der Waals surface area contributed by atoms with Crippen LogP contribution >= 0.6 is 0 Å². The Labute approximate surface area is 117 Å². The molecular formula is C15H15N3O2. The number of hydrogen-bond acceptors (Lipinski definition) is 5. The van der Waals surface area contributed by atoms with Crippen LogP contribution in [0.5, 0.6) is 0 Å². The molecule has 0 radical (unpaired) electrons. The van der Waals surface area contributed by atoms with E-state index in [1.807, 2.05) is 24.3 Å². The van der Waals surface area contributed by atoms with Gasteiger partial charge < -0.3 is 9.64 Å². The molecule has 102 valence electrons. The van der Waals surface area contributed by atoms with Gasteiger partial charge in [0, 0.05) is 18.6 Å². The van der Waals surface area contributed by atoms with Crippen LogP contribution in [-0.4, -0.2) is 31.2 Å². The zero-order valence-electron chi connectivity index (χ0n) is 11.5. The fourth-order valence-corrected chi connectivity index (χ4v) is 2.10. The summed E-state index contributed by atoms with van der Waals surface area (Å²) in [7, 11) is 1.76. The van der Waals surface area contributed by atoms with E-state index in [1.54, 1.807) is 18.9 Å². The van der Waals surface area contributed by atoms with E-state index in [-0.39, 0.29) is 12.5 Å². The lowest BCUT2D eigenvalue weighted by molar-refractivity contribution is -0.141. The first-order valence-electron chi connectivity index (χ1n) is 6.32. The molecule has 20 heavy (non-hydrogen) atoms. The third-order valence-corrected chi connectivity index (χ3v) is 2.92. The maximum atomic E-state index is 11.6. The molecule has 2 aromatic rings. The molecule has 5 heteroatoms. The maximum absolute atomic E-state index is 11.6. The van der Waals surface area contributed by atoms with Crippen LogP contribution in [0.15, 0.2) is 30.5 Å². The predicted molar refractivity (Wildman–Crippen MR) is 76.4 cm³/mol. The first-order valence-corrected chi connectivity index (χ1v) is 6.32. The Morgan fingerprint density at radius 2 is 2.20 bits per heavy atom. The van der Waals surface area contributed by atoms with Gasteiger partial charge in [0.1, 0.15) is 12.6 Å². The smallest absolute Gasteiger partial charge is 0.325 e. The highest BCUT2D eigenvalue weighted by atomic mass is 16.5. The van der Waals surface area contributed by atoms with Crippen LogP contribution in [0, 0.1) is 11.3 Å². The van der Waals surface area contributed by atoms with Gasteiger partial charge in [0.05, 0.1) is 23.4 Å². The van der Waals surface area contributed by atoms with Gasteiger partial charge in [-0.3, -0.25) is 9.78 Å². The lowest BCUT2D eigenvalue weighted by Crippen LogP contribution is -2.28. The van der Waals surface area contributed by atoms with E-state index in [1.165, 1.54) is 6.20 Å². The van der Waals surface area contributed by atoms with Crippen molar-refractivity contribution >= 4 is 22.6 Å². The van der Waals surface area contributed by atoms with Crippen molar-refractivity contribution in [1.82, 2.24) is 4.98 Å². The summed E-state index contributed by atoms with van der Waals surface area (Å²) in [5.41, 5.74) is 1.93. The lowest BCUT2D eigenvalue weighted by atomic mass is 10.1. The Bertz CT molecular complexity index is 676. The van der Waals surface area contributed by atoms with E-state index in [2.05, 4.69) is 11.1 Å². The number of pyridine rings is 1. The van der Waals surface area contributed by atoms with Gasteiger partial charge in [0.2, 0.25) is 0 Å². The average molecular weight is 269 g/mol. The number of benzene rings is 1. The summed E-state index contributed by atoms with van der Waals surface area (Å²) in [6.45, 7) is 2.20. The van der Waals surface area contributed by atoms with Crippen molar-refractivity contribution in [3.63, 3.8) is 0 Å². The number of hydrogen-bond donors (Lipinski definition) is 0. The van der Waals surface area contributed by atoms with Crippen LogP contribution in [0.2, 0.25) is 0 Å². The second-order valence-corrected chi connectivity index (χ2v) is 4.31. The molecule has 0 bridgehead atoms. The molecule has 2 rings (SSSR count). The lowest BCUT2D eigenvalue weighted by Gasteiger charge is -2.21. The Hall–Kier alpha value is -2.61. The Balaban J connectivity index is 2.46. The average Bonchev–Trinajstić information content (AvgIpc) is 2.46. The van der Waals surface area contributed by atoms with Gasteiger partial charge in [0.25, 0.3) is 0 Å². The Kier molecular flexibility index (Phi) is 4.16. The highest BCUT2D eigenvalue weighted by Crippen LogP contribution is 2.28. The van der Waals surface area contributed by atoms with Crippen LogP contribution < -0.4 is 4.90 Å². The summed E-state index contributed by atoms with van der Waals surface area (Å²) in [6, 6.07) is 9.65. The van der Waals surface area contributed by atoms with Crippen molar-refractivity contribution < 1.29 is 9.53 Å². The van der Waals surface area contributed by atoms with E-state index in [4.69, 9.17) is 4.74 Å². The van der Waals surface area contributed by atoms with Crippen molar-refractivity contribution in [2.45, 2.75) is 6.92 Å². The zero-order chi connectivity index (χ0) is 14.5. The van der Waals surface area contributed by atoms with Gasteiger partial charge in [-0.25, -0.2) is 0 Å². The maximum Gasteiger partial charge on any atom is 0.325 e. The summed E-state index contributed by atoms with van der Waals surface area (Å²) in [4.78, 5) is 17.6. The number of nitrogens with zero attached hydrogens (tertiary/aromatic N) is 3. The Morgan fingerprint density at radius 3 is 2.90 bits per heavy atom. The number of anilines is 1. The highest BCUT2D eigenvalue weighted by Gasteiger charge is 2.15. The number of likely N-dealkylation sites (N-methyl/N-ethyl adjacent to an activating group) is 1. The molecule has 0 saturated heterocycles. The second kappa shape index (κ2) is 6.02. The molecule has 5 nitrogen and oxygen atoms in total. The molecule has 1 heterocycles. The topological polar surface area (TPSA) is 66.2 Å². The minimum Gasteiger partial charge on any atom is -0.465 e. The number of carbonyl (C=O) groups excluding carboxylic acids is 1. The van der Waals surface area contributed by atoms with E-state index in [0.29, 0.717) is 17.9 Å². The first-order chi connectivity index (χ1) is 9.67. The van der Waals surface area contributed by atoms with Crippen LogP contribution in [0.4, 0.5) is 5.69 Å². The number of rotatable bonds is 4. The molecule has 1 aromatic heterocycles. The van der Waals surface area contributed by atoms with E-state index >= 15 is 0 Å². The summed E-state index contributed by atoms with van der Waals surface area (Å²) < 4.78 is 4.94. The van der Waals surface area contributed by atoms with Gasteiger partial charge >= 0.3 is 5.97 Å². The van der Waals surface area contributed by atoms with Gasteiger partial charge in [-0.2, -0.15) is 5.26 Å². The van der Waals surface area contributed by atoms with Gasteiger partial charge in [0.15, 0.2) is 0 Å². The summed E-state index contributed by atoms with van der Waals surface area (Å²) in [6.07, 6.45) is 1.53. The molecule has 0 aliphatic rings. The number of esters is 1. The van der Waals surface area contributed by atoms with Crippen LogP contribution in [0.3, 0.4) is 0 Å². The van der Waals surface area contributed by atoms with Gasteiger partial charge in [-0.1, -0.05) is 18.2 Å². The number of aromatic nitrogens is 1. The second-order valence-electron chi connectivity index (χ2n) is 4.31. The van der Waals surface area contributed by atoms with Crippen LogP contribution in [0.25, 0.3) is 10.9 Å². The predicted octanol–water partition coefficient (Wildman–Crippen LogP) is 2.11. The molecule has 0 amide bonds. The molecule has 0 aliphatic heterocycles. The monoisotopic (exact) mass is 269 g/mol. The minimum absolute atomic E-state index is 0.0938. The molecule has 1 aromatic carbocycles. The quantitative estimate of drug-likeness (QED) is 0.795. The molecular weight excluding hydrogens is 254 g/mol. The Morgan fingerprint density at radius 1 is 1.45 bits per heavy atom. The molecule has 0 N–H and O–H groups in total. The van der Waals surface area contributed by atoms with Crippen molar-refractivity contribution in [1.29, 1.82) is 5.26 Å². The summed E-state index contributed by atoms with van der Waals surface area (Å²) in [5.74, 6) is -0.320. The molecule has 0 atom stereocenters. The van der Waals surface area contributed by atoms with E-state index < -0.39 is 0 Å². The number of nitriles is 1. The SMILES string of the molecule is CCOC(=O)CN(C)c1c(C#N)cnc2ccccc12. The largest absolute Gasteiger partial charge is 0.465 e. The van der Waals surface area contributed by atoms with Crippen LogP contribution in [0.1, 0.15) is 12.5 Å². The molecule has 0 aliphatic carbocycles. The van der Waals surface area contributed by atoms with Crippen molar-refractivity contribution in [3.8, 4) is 6.07 Å². The van der Waals surface area contributed by atoms with Gasteiger partial charge in [-0.05, 0) is 13.0 Å². The van der Waals surface area contributed by atoms with Crippen molar-refractivity contribution in [2.24, 2.45) is 0 Å². The summed E-state index contributed by atoms with van der Waals surface area (Å²) >= 11 is 0. The van der Waals surface area contributed by atoms with Crippen molar-refractivity contribution in [3.05, 3.63) is 36.0 Å². The molecule has 0 spiro atoms. The van der Waals surface area contributed by atoms with Crippen molar-refractivity contribution in [2.75, 3.05) is 25.1 Å². The molecule has 0 unspecified atom stereocenters. The van der Waals surface area contributed by atoms with E-state index in [0.717, 1.165) is 10.9 Å². The number of carbonyl (C=O) groups is 1. The van der Waals surface area contributed by atoms with E-state index in [9.17, 15) is 10.1 Å². The summed E-state index contributed by atoms with van der Waals surface area (Å²) in [5, 5.41) is 10.1. The highest BCUT2D eigenvalue weighted by molar-refractivity contribution is 5.95. The standard InChI is InChI=1S/C15H15N3O2/c1-3-20-14(19)10-18(2)15-11(8-16)9-17-13-7-5-4-6-12(13)15/h4-7,9H,3,10H2,1-2H3.